The molecule has 38 heavy (non-hydrogen) atoms. The van der Waals surface area contributed by atoms with Crippen molar-refractivity contribution in [2.75, 3.05) is 13.2 Å². The average molecular weight is 543 g/mol. The third-order valence-electron chi connectivity index (χ3n) is 11.1. The second kappa shape index (κ2) is 15.6. The highest BCUT2D eigenvalue weighted by Crippen LogP contribution is 2.48. The van der Waals surface area contributed by atoms with Gasteiger partial charge < -0.3 is 9.47 Å². The zero-order valence-electron chi connectivity index (χ0n) is 24.4. The highest BCUT2D eigenvalue weighted by Gasteiger charge is 2.46. The predicted molar refractivity (Wildman–Crippen MR) is 150 cm³/mol. The molecule has 0 aromatic rings. The van der Waals surface area contributed by atoms with Gasteiger partial charge in [0.1, 0.15) is 18.5 Å². The minimum Gasteiger partial charge on any atom is -0.379 e. The number of alkyl halides is 3. The van der Waals surface area contributed by atoms with E-state index in [9.17, 15) is 4.39 Å². The van der Waals surface area contributed by atoms with Crippen molar-refractivity contribution >= 4 is 0 Å². The summed E-state index contributed by atoms with van der Waals surface area (Å²) in [4.78, 5) is 0. The van der Waals surface area contributed by atoms with Crippen LogP contribution in [0.3, 0.4) is 0 Å². The van der Waals surface area contributed by atoms with Crippen LogP contribution in [-0.4, -0.2) is 43.9 Å². The molecule has 4 saturated carbocycles. The molecule has 4 fully saturated rings. The van der Waals surface area contributed by atoms with Gasteiger partial charge in [-0.1, -0.05) is 39.0 Å². The monoisotopic (exact) mass is 542 g/mol. The Morgan fingerprint density at radius 1 is 0.605 bits per heavy atom. The van der Waals surface area contributed by atoms with Crippen molar-refractivity contribution in [3.8, 4) is 0 Å². The van der Waals surface area contributed by atoms with E-state index in [1.807, 2.05) is 6.92 Å². The second-order valence-corrected chi connectivity index (χ2v) is 13.4. The van der Waals surface area contributed by atoms with Gasteiger partial charge in [0.05, 0.1) is 12.2 Å². The largest absolute Gasteiger partial charge is 0.379 e. The van der Waals surface area contributed by atoms with Gasteiger partial charge in [0.2, 0.25) is 0 Å². The van der Waals surface area contributed by atoms with Gasteiger partial charge in [-0.05, 0) is 119 Å². The van der Waals surface area contributed by atoms with E-state index < -0.39 is 18.5 Å². The normalized spacial score (nSPS) is 42.7. The Bertz CT molecular complexity index is 646. The molecule has 0 aliphatic heterocycles. The highest BCUT2D eigenvalue weighted by molar-refractivity contribution is 4.95. The number of hydrogen-bond acceptors (Lipinski definition) is 2. The van der Waals surface area contributed by atoms with Crippen molar-refractivity contribution in [3.05, 3.63) is 0 Å². The Balaban J connectivity index is 1.11. The molecule has 0 bridgehead atoms. The van der Waals surface area contributed by atoms with Crippen LogP contribution in [-0.2, 0) is 9.47 Å². The highest BCUT2D eigenvalue weighted by atomic mass is 19.2. The van der Waals surface area contributed by atoms with E-state index in [1.165, 1.54) is 6.42 Å². The zero-order valence-corrected chi connectivity index (χ0v) is 24.4. The van der Waals surface area contributed by atoms with Gasteiger partial charge in [-0.15, -0.1) is 0 Å². The second-order valence-electron chi connectivity index (χ2n) is 13.4. The topological polar surface area (TPSA) is 18.5 Å². The van der Waals surface area contributed by atoms with E-state index in [0.717, 1.165) is 116 Å². The van der Waals surface area contributed by atoms with Gasteiger partial charge in [0.25, 0.3) is 0 Å². The molecule has 0 N–H and O–H groups in total. The fraction of sp³-hybridized carbons (Fsp3) is 1.00. The first-order valence-corrected chi connectivity index (χ1v) is 16.6. The van der Waals surface area contributed by atoms with Crippen LogP contribution in [0.2, 0.25) is 0 Å². The number of halogens is 3. The lowest BCUT2D eigenvalue weighted by molar-refractivity contribution is -0.0474. The maximum Gasteiger partial charge on any atom is 0.134 e. The number of hydrogen-bond donors (Lipinski definition) is 0. The average Bonchev–Trinajstić information content (AvgIpc) is 2.93. The summed E-state index contributed by atoms with van der Waals surface area (Å²) < 4.78 is 57.2. The lowest BCUT2D eigenvalue weighted by Crippen LogP contribution is -2.45. The Labute approximate surface area is 231 Å². The lowest BCUT2D eigenvalue weighted by atomic mass is 9.64. The van der Waals surface area contributed by atoms with Gasteiger partial charge in [0.15, 0.2) is 0 Å². The van der Waals surface area contributed by atoms with Crippen molar-refractivity contribution in [1.82, 2.24) is 0 Å². The van der Waals surface area contributed by atoms with Crippen LogP contribution >= 0.6 is 0 Å². The van der Waals surface area contributed by atoms with Crippen molar-refractivity contribution < 1.29 is 22.6 Å². The van der Waals surface area contributed by atoms with Crippen LogP contribution in [0.15, 0.2) is 0 Å². The number of rotatable bonds is 12. The Morgan fingerprint density at radius 3 is 1.79 bits per heavy atom. The van der Waals surface area contributed by atoms with Gasteiger partial charge in [-0.25, -0.2) is 13.2 Å². The van der Waals surface area contributed by atoms with Crippen molar-refractivity contribution in [1.29, 1.82) is 0 Å². The summed E-state index contributed by atoms with van der Waals surface area (Å²) >= 11 is 0. The fourth-order valence-electron chi connectivity index (χ4n) is 8.67. The van der Waals surface area contributed by atoms with Crippen LogP contribution < -0.4 is 0 Å². The van der Waals surface area contributed by atoms with Gasteiger partial charge in [0, 0.05) is 19.6 Å². The molecule has 0 heterocycles. The minimum atomic E-state index is -1.28. The third-order valence-corrected chi connectivity index (χ3v) is 11.1. The predicted octanol–water partition coefficient (Wildman–Crippen LogP) is 9.58. The van der Waals surface area contributed by atoms with Gasteiger partial charge >= 0.3 is 0 Å². The molecular weight excluding hydrogens is 485 g/mol. The smallest absolute Gasteiger partial charge is 0.134 e. The molecule has 4 aliphatic rings. The maximum atomic E-state index is 15.4. The molecule has 0 aromatic carbocycles. The molecule has 4 aliphatic carbocycles. The first-order chi connectivity index (χ1) is 18.5. The van der Waals surface area contributed by atoms with Crippen LogP contribution in [0.1, 0.15) is 129 Å². The summed E-state index contributed by atoms with van der Waals surface area (Å²) in [5.41, 5.74) is 0. The van der Waals surface area contributed by atoms with Crippen molar-refractivity contribution in [2.24, 2.45) is 35.5 Å². The molecular formula is C33H57F3O2. The van der Waals surface area contributed by atoms with Gasteiger partial charge in [-0.3, -0.25) is 0 Å². The molecule has 0 saturated heterocycles. The van der Waals surface area contributed by atoms with E-state index in [-0.39, 0.29) is 23.9 Å². The van der Waals surface area contributed by atoms with Crippen LogP contribution in [0, 0.1) is 35.5 Å². The Kier molecular flexibility index (Phi) is 12.6. The minimum absolute atomic E-state index is 0.0796. The number of ether oxygens (including phenoxy) is 2. The van der Waals surface area contributed by atoms with E-state index >= 15 is 8.78 Å². The summed E-state index contributed by atoms with van der Waals surface area (Å²) in [5.74, 6) is 1.42. The summed E-state index contributed by atoms with van der Waals surface area (Å²) in [6.07, 6.45) is 15.3. The molecule has 4 rings (SSSR count). The van der Waals surface area contributed by atoms with Crippen molar-refractivity contribution in [3.63, 3.8) is 0 Å². The maximum absolute atomic E-state index is 15.4. The summed E-state index contributed by atoms with van der Waals surface area (Å²) in [5, 5.41) is 0. The molecule has 222 valence electrons. The standard InChI is InChI=1S/C33H57F3O2/c1-3-5-21-38-28-18-15-26(31(34)22-28)8-6-7-23-9-11-24(12-10-23)29-19-20-30(33(36)32(29)35)25-13-16-27(17-14-25)37-4-2/h23-33H,3-22H2,1-2H3. The summed E-state index contributed by atoms with van der Waals surface area (Å²) in [6, 6.07) is 0. The SMILES string of the molecule is CCCCOC1CCC(CCCC2CCC(C3CCC(C4CCC(OCC)CC4)C(F)C3F)CC2)C(F)C1. The molecule has 5 heteroatoms. The van der Waals surface area contributed by atoms with E-state index in [4.69, 9.17) is 9.47 Å². The van der Waals surface area contributed by atoms with E-state index in [0.29, 0.717) is 30.3 Å². The van der Waals surface area contributed by atoms with E-state index in [1.54, 1.807) is 0 Å². The summed E-state index contributed by atoms with van der Waals surface area (Å²) in [6.45, 7) is 5.70. The Hall–Kier alpha value is -0.290. The molecule has 0 spiro atoms. The number of unbranched alkanes of at least 4 members (excludes halogenated alkanes) is 1. The quantitative estimate of drug-likeness (QED) is 0.229. The molecule has 2 nitrogen and oxygen atoms in total. The molecule has 0 amide bonds. The molecule has 0 radical (unpaired) electrons. The fourth-order valence-corrected chi connectivity index (χ4v) is 8.67. The third kappa shape index (κ3) is 8.37. The first-order valence-electron chi connectivity index (χ1n) is 16.6. The van der Waals surface area contributed by atoms with Crippen molar-refractivity contribution in [2.45, 2.75) is 160 Å². The molecule has 0 aromatic heterocycles. The summed E-state index contributed by atoms with van der Waals surface area (Å²) in [7, 11) is 0. The zero-order chi connectivity index (χ0) is 26.9. The Morgan fingerprint density at radius 2 is 1.21 bits per heavy atom. The van der Waals surface area contributed by atoms with E-state index in [2.05, 4.69) is 6.92 Å². The molecule has 7 unspecified atom stereocenters. The molecule has 7 atom stereocenters. The first kappa shape index (κ1) is 30.7. The lowest BCUT2D eigenvalue weighted by Gasteiger charge is -2.44. The van der Waals surface area contributed by atoms with Gasteiger partial charge in [-0.2, -0.15) is 0 Å². The van der Waals surface area contributed by atoms with Crippen LogP contribution in [0.25, 0.3) is 0 Å². The van der Waals surface area contributed by atoms with Crippen LogP contribution in [0.5, 0.6) is 0 Å². The van der Waals surface area contributed by atoms with Crippen LogP contribution in [0.4, 0.5) is 13.2 Å².